The van der Waals surface area contributed by atoms with Crippen LogP contribution in [0.5, 0.6) is 0 Å². The predicted molar refractivity (Wildman–Crippen MR) is 144 cm³/mol. The lowest BCUT2D eigenvalue weighted by Crippen LogP contribution is -2.30. The minimum absolute atomic E-state index is 0.178. The number of thioether (sulfide) groups is 1. The SMILES string of the molecule is CCOC(=O)c1ccc(CC2SC(=C(C#N)C(=O)Nc3cccc(Cl)c3)N(c3ccccc3)C2=O)cc1. The summed E-state index contributed by atoms with van der Waals surface area (Å²) in [4.78, 5) is 40.0. The number of hydrogen-bond donors (Lipinski definition) is 1. The first-order valence-corrected chi connectivity index (χ1v) is 12.7. The van der Waals surface area contributed by atoms with Crippen LogP contribution in [0.1, 0.15) is 22.8 Å². The summed E-state index contributed by atoms with van der Waals surface area (Å²) >= 11 is 7.18. The summed E-state index contributed by atoms with van der Waals surface area (Å²) in [6, 6.07) is 24.3. The van der Waals surface area contributed by atoms with E-state index in [4.69, 9.17) is 16.3 Å². The summed E-state index contributed by atoms with van der Waals surface area (Å²) in [6.45, 7) is 2.02. The number of ether oxygens (including phenoxy) is 1. The summed E-state index contributed by atoms with van der Waals surface area (Å²) in [5.41, 5.74) is 2.06. The van der Waals surface area contributed by atoms with Crippen molar-refractivity contribution in [2.75, 3.05) is 16.8 Å². The van der Waals surface area contributed by atoms with Gasteiger partial charge in [0.25, 0.3) is 5.91 Å². The predicted octanol–water partition coefficient (Wildman–Crippen LogP) is 5.58. The smallest absolute Gasteiger partial charge is 0.338 e. The average Bonchev–Trinajstić information content (AvgIpc) is 3.20. The van der Waals surface area contributed by atoms with Crippen LogP contribution in [0.3, 0.4) is 0 Å². The highest BCUT2D eigenvalue weighted by molar-refractivity contribution is 8.05. The molecule has 1 unspecified atom stereocenters. The van der Waals surface area contributed by atoms with Crippen molar-refractivity contribution < 1.29 is 19.1 Å². The molecule has 2 amide bonds. The van der Waals surface area contributed by atoms with Crippen LogP contribution in [-0.4, -0.2) is 29.6 Å². The van der Waals surface area contributed by atoms with Gasteiger partial charge in [0.15, 0.2) is 0 Å². The van der Waals surface area contributed by atoms with Crippen molar-refractivity contribution in [1.29, 1.82) is 5.26 Å². The van der Waals surface area contributed by atoms with Gasteiger partial charge in [0, 0.05) is 16.4 Å². The standard InChI is InChI=1S/C28H22ClN3O4S/c1-2-36-28(35)19-13-11-18(12-14-19)15-24-26(34)32(22-9-4-3-5-10-22)27(37-24)23(17-30)25(33)31-21-8-6-7-20(29)16-21/h3-14,16,24H,2,15H2,1H3,(H,31,33). The Hall–Kier alpha value is -4.06. The maximum absolute atomic E-state index is 13.6. The number of anilines is 2. The maximum Gasteiger partial charge on any atom is 0.338 e. The van der Waals surface area contributed by atoms with Gasteiger partial charge in [-0.15, -0.1) is 0 Å². The van der Waals surface area contributed by atoms with Crippen molar-refractivity contribution in [2.24, 2.45) is 0 Å². The lowest BCUT2D eigenvalue weighted by molar-refractivity contribution is -0.117. The lowest BCUT2D eigenvalue weighted by atomic mass is 10.1. The third-order valence-electron chi connectivity index (χ3n) is 5.49. The molecule has 0 saturated carbocycles. The molecule has 1 atom stereocenters. The summed E-state index contributed by atoms with van der Waals surface area (Å²) in [5.74, 6) is -1.30. The molecule has 0 radical (unpaired) electrons. The van der Waals surface area contributed by atoms with E-state index in [2.05, 4.69) is 5.32 Å². The number of esters is 1. The second-order valence-corrected chi connectivity index (χ2v) is 9.62. The molecule has 3 aromatic carbocycles. The van der Waals surface area contributed by atoms with E-state index in [1.165, 1.54) is 4.90 Å². The number of halogens is 1. The molecule has 1 aliphatic heterocycles. The van der Waals surface area contributed by atoms with E-state index in [1.807, 2.05) is 12.1 Å². The normalized spacial score (nSPS) is 16.2. The molecular weight excluding hydrogens is 510 g/mol. The Morgan fingerprint density at radius 2 is 1.81 bits per heavy atom. The van der Waals surface area contributed by atoms with Gasteiger partial charge in [0.1, 0.15) is 16.7 Å². The fourth-order valence-corrected chi connectivity index (χ4v) is 5.26. The minimum atomic E-state index is -0.638. The number of rotatable bonds is 7. The molecule has 3 aromatic rings. The van der Waals surface area contributed by atoms with Crippen molar-refractivity contribution in [3.8, 4) is 6.07 Å². The number of amides is 2. The van der Waals surface area contributed by atoms with Crippen molar-refractivity contribution >= 4 is 52.5 Å². The highest BCUT2D eigenvalue weighted by Gasteiger charge is 2.40. The molecule has 0 spiro atoms. The Morgan fingerprint density at radius 1 is 1.08 bits per heavy atom. The molecule has 0 aliphatic carbocycles. The molecule has 9 heteroatoms. The van der Waals surface area contributed by atoms with Gasteiger partial charge in [0.05, 0.1) is 17.4 Å². The topological polar surface area (TPSA) is 99.5 Å². The molecule has 186 valence electrons. The zero-order chi connectivity index (χ0) is 26.4. The number of carbonyl (C=O) groups is 3. The quantitative estimate of drug-likeness (QED) is 0.243. The van der Waals surface area contributed by atoms with E-state index in [9.17, 15) is 19.6 Å². The molecular formula is C28H22ClN3O4S. The molecule has 1 saturated heterocycles. The summed E-state index contributed by atoms with van der Waals surface area (Å²) < 4.78 is 5.02. The Kier molecular flexibility index (Phi) is 8.29. The number of nitrogens with zero attached hydrogens (tertiary/aromatic N) is 2. The average molecular weight is 532 g/mol. The van der Waals surface area contributed by atoms with Crippen LogP contribution >= 0.6 is 23.4 Å². The van der Waals surface area contributed by atoms with E-state index in [-0.39, 0.29) is 23.1 Å². The molecule has 0 bridgehead atoms. The number of benzene rings is 3. The number of para-hydroxylation sites is 1. The Bertz CT molecular complexity index is 1400. The molecule has 0 aromatic heterocycles. The fraction of sp³-hybridized carbons (Fsp3) is 0.143. The van der Waals surface area contributed by atoms with Crippen LogP contribution in [0.25, 0.3) is 0 Å². The molecule has 7 nitrogen and oxygen atoms in total. The molecule has 1 fully saturated rings. The van der Waals surface area contributed by atoms with Crippen molar-refractivity contribution in [3.05, 3.63) is 106 Å². The van der Waals surface area contributed by atoms with E-state index in [1.54, 1.807) is 79.7 Å². The van der Waals surface area contributed by atoms with Gasteiger partial charge in [-0.1, -0.05) is 59.8 Å². The van der Waals surface area contributed by atoms with E-state index < -0.39 is 17.1 Å². The Balaban J connectivity index is 1.65. The monoisotopic (exact) mass is 531 g/mol. The zero-order valence-electron chi connectivity index (χ0n) is 19.8. The minimum Gasteiger partial charge on any atom is -0.462 e. The van der Waals surface area contributed by atoms with Crippen LogP contribution in [0.2, 0.25) is 5.02 Å². The zero-order valence-corrected chi connectivity index (χ0v) is 21.4. The molecule has 37 heavy (non-hydrogen) atoms. The summed E-state index contributed by atoms with van der Waals surface area (Å²) in [7, 11) is 0. The van der Waals surface area contributed by atoms with Gasteiger partial charge in [-0.3, -0.25) is 14.5 Å². The Morgan fingerprint density at radius 3 is 2.46 bits per heavy atom. The first-order valence-electron chi connectivity index (χ1n) is 11.4. The largest absolute Gasteiger partial charge is 0.462 e. The van der Waals surface area contributed by atoms with E-state index in [0.717, 1.165) is 17.3 Å². The van der Waals surface area contributed by atoms with E-state index >= 15 is 0 Å². The van der Waals surface area contributed by atoms with Gasteiger partial charge in [0.2, 0.25) is 5.91 Å². The van der Waals surface area contributed by atoms with Gasteiger partial charge >= 0.3 is 5.97 Å². The lowest BCUT2D eigenvalue weighted by Gasteiger charge is -2.18. The second kappa shape index (κ2) is 11.8. The molecule has 1 aliphatic rings. The molecule has 4 rings (SSSR count). The second-order valence-electron chi connectivity index (χ2n) is 7.99. The fourth-order valence-electron chi connectivity index (χ4n) is 3.76. The van der Waals surface area contributed by atoms with Crippen molar-refractivity contribution in [2.45, 2.75) is 18.6 Å². The van der Waals surface area contributed by atoms with Crippen LogP contribution < -0.4 is 10.2 Å². The van der Waals surface area contributed by atoms with Gasteiger partial charge in [-0.25, -0.2) is 4.79 Å². The number of hydrogen-bond acceptors (Lipinski definition) is 6. The van der Waals surface area contributed by atoms with Gasteiger partial charge in [-0.2, -0.15) is 5.26 Å². The summed E-state index contributed by atoms with van der Waals surface area (Å²) in [5, 5.41) is 12.8. The third-order valence-corrected chi connectivity index (χ3v) is 6.99. The van der Waals surface area contributed by atoms with Crippen LogP contribution in [-0.2, 0) is 20.7 Å². The number of carbonyl (C=O) groups excluding carboxylic acids is 3. The van der Waals surface area contributed by atoms with Crippen molar-refractivity contribution in [3.63, 3.8) is 0 Å². The molecule has 1 heterocycles. The first kappa shape index (κ1) is 26.0. The molecule has 1 N–H and O–H groups in total. The van der Waals surface area contributed by atoms with Gasteiger partial charge in [-0.05, 0) is 61.4 Å². The van der Waals surface area contributed by atoms with Gasteiger partial charge < -0.3 is 10.1 Å². The first-order chi connectivity index (χ1) is 17.9. The maximum atomic E-state index is 13.6. The third kappa shape index (κ3) is 6.02. The van der Waals surface area contributed by atoms with Crippen LogP contribution in [0.15, 0.2) is 89.5 Å². The summed E-state index contributed by atoms with van der Waals surface area (Å²) in [6.07, 6.45) is 0.341. The highest BCUT2D eigenvalue weighted by atomic mass is 35.5. The van der Waals surface area contributed by atoms with E-state index in [0.29, 0.717) is 28.4 Å². The number of nitrogens with one attached hydrogen (secondary N) is 1. The van der Waals surface area contributed by atoms with Crippen molar-refractivity contribution in [1.82, 2.24) is 0 Å². The van der Waals surface area contributed by atoms with Crippen LogP contribution in [0, 0.1) is 11.3 Å². The number of nitriles is 1. The highest BCUT2D eigenvalue weighted by Crippen LogP contribution is 2.42. The Labute approximate surface area is 223 Å². The van der Waals surface area contributed by atoms with Crippen LogP contribution in [0.4, 0.5) is 11.4 Å².